The zero-order valence-electron chi connectivity index (χ0n) is 11.2. The summed E-state index contributed by atoms with van der Waals surface area (Å²) in [4.78, 5) is 21.7. The molecule has 0 aliphatic carbocycles. The number of esters is 1. The molecular formula is C13H14FNO6. The lowest BCUT2D eigenvalue weighted by Gasteiger charge is -2.12. The number of nitro benzene ring substituents is 1. The van der Waals surface area contributed by atoms with Crippen LogP contribution in [0, 0.1) is 10.1 Å². The van der Waals surface area contributed by atoms with Crippen LogP contribution in [0.4, 0.5) is 10.1 Å². The van der Waals surface area contributed by atoms with E-state index in [2.05, 4.69) is 0 Å². The fourth-order valence-electron chi connectivity index (χ4n) is 1.97. The Labute approximate surface area is 119 Å². The summed E-state index contributed by atoms with van der Waals surface area (Å²) in [6.45, 7) is -0.101. The second-order valence-corrected chi connectivity index (χ2v) is 4.52. The average Bonchev–Trinajstić information content (AvgIpc) is 2.85. The van der Waals surface area contributed by atoms with Crippen molar-refractivity contribution in [2.24, 2.45) is 0 Å². The van der Waals surface area contributed by atoms with E-state index in [9.17, 15) is 19.3 Å². The van der Waals surface area contributed by atoms with Crippen molar-refractivity contribution in [2.45, 2.75) is 25.0 Å². The molecule has 0 spiro atoms. The van der Waals surface area contributed by atoms with E-state index in [1.165, 1.54) is 31.4 Å². The molecule has 0 N–H and O–H groups in total. The maximum Gasteiger partial charge on any atom is 0.338 e. The Bertz CT molecular complexity index is 520. The van der Waals surface area contributed by atoms with Gasteiger partial charge in [0.2, 0.25) is 0 Å². The van der Waals surface area contributed by atoms with E-state index < -0.39 is 29.5 Å². The predicted octanol–water partition coefficient (Wildman–Crippen LogP) is 1.85. The molecule has 0 saturated carbocycles. The molecule has 1 aromatic carbocycles. The number of carbonyl (C=O) groups excluding carboxylic acids is 1. The molecule has 0 aromatic heterocycles. The molecule has 1 aliphatic rings. The van der Waals surface area contributed by atoms with Crippen LogP contribution in [0.3, 0.4) is 0 Å². The minimum Gasteiger partial charge on any atom is -0.459 e. The second kappa shape index (κ2) is 6.59. The topological polar surface area (TPSA) is 87.9 Å². The van der Waals surface area contributed by atoms with E-state index >= 15 is 0 Å². The number of hydrogen-bond donors (Lipinski definition) is 0. The zero-order valence-corrected chi connectivity index (χ0v) is 11.2. The van der Waals surface area contributed by atoms with Gasteiger partial charge in [0.25, 0.3) is 5.69 Å². The SMILES string of the molecule is COC1OC(COC(=O)c2ccc([N+](=O)[O-])cc2)CC1F. The van der Waals surface area contributed by atoms with Gasteiger partial charge in [0.1, 0.15) is 6.61 Å². The van der Waals surface area contributed by atoms with Crippen molar-refractivity contribution in [2.75, 3.05) is 13.7 Å². The van der Waals surface area contributed by atoms with Crippen molar-refractivity contribution >= 4 is 11.7 Å². The number of alkyl halides is 1. The van der Waals surface area contributed by atoms with Gasteiger partial charge in [0.05, 0.1) is 16.6 Å². The number of rotatable bonds is 5. The molecule has 3 unspecified atom stereocenters. The first-order chi connectivity index (χ1) is 10.0. The van der Waals surface area contributed by atoms with Crippen LogP contribution in [-0.4, -0.2) is 43.2 Å². The minimum absolute atomic E-state index is 0.0893. The van der Waals surface area contributed by atoms with E-state index in [1.807, 2.05) is 0 Å². The van der Waals surface area contributed by atoms with Crippen molar-refractivity contribution in [1.29, 1.82) is 0 Å². The molecule has 2 rings (SSSR count). The molecular weight excluding hydrogens is 285 g/mol. The number of carbonyl (C=O) groups is 1. The smallest absolute Gasteiger partial charge is 0.338 e. The highest BCUT2D eigenvalue weighted by atomic mass is 19.1. The van der Waals surface area contributed by atoms with Crippen molar-refractivity contribution in [3.63, 3.8) is 0 Å². The van der Waals surface area contributed by atoms with Crippen molar-refractivity contribution in [3.05, 3.63) is 39.9 Å². The van der Waals surface area contributed by atoms with Gasteiger partial charge in [-0.15, -0.1) is 0 Å². The van der Waals surface area contributed by atoms with Gasteiger partial charge < -0.3 is 14.2 Å². The van der Waals surface area contributed by atoms with Gasteiger partial charge in [-0.2, -0.15) is 0 Å². The summed E-state index contributed by atoms with van der Waals surface area (Å²) < 4.78 is 28.3. The first-order valence-electron chi connectivity index (χ1n) is 6.25. The minimum atomic E-state index is -1.25. The number of hydrogen-bond acceptors (Lipinski definition) is 6. The van der Waals surface area contributed by atoms with E-state index in [0.717, 1.165) is 0 Å². The van der Waals surface area contributed by atoms with E-state index in [-0.39, 0.29) is 24.3 Å². The largest absolute Gasteiger partial charge is 0.459 e. The number of halogens is 1. The number of benzene rings is 1. The lowest BCUT2D eigenvalue weighted by molar-refractivity contribution is -0.384. The molecule has 21 heavy (non-hydrogen) atoms. The van der Waals surface area contributed by atoms with E-state index in [4.69, 9.17) is 14.2 Å². The predicted molar refractivity (Wildman–Crippen MR) is 68.6 cm³/mol. The van der Waals surface area contributed by atoms with Crippen molar-refractivity contribution < 1.29 is 28.3 Å². The van der Waals surface area contributed by atoms with Gasteiger partial charge in [-0.1, -0.05) is 0 Å². The third kappa shape index (κ3) is 3.73. The standard InChI is InChI=1S/C13H14FNO6/c1-19-13-11(14)6-10(21-13)7-20-12(16)8-2-4-9(5-3-8)15(17)18/h2-5,10-11,13H,6-7H2,1H3. The molecule has 1 aliphatic heterocycles. The van der Waals surface area contributed by atoms with Gasteiger partial charge >= 0.3 is 5.97 Å². The summed E-state index contributed by atoms with van der Waals surface area (Å²) in [5.74, 6) is -0.648. The highest BCUT2D eigenvalue weighted by Gasteiger charge is 2.36. The quantitative estimate of drug-likeness (QED) is 0.468. The van der Waals surface area contributed by atoms with Crippen molar-refractivity contribution in [3.8, 4) is 0 Å². The maximum atomic E-state index is 13.4. The van der Waals surface area contributed by atoms with Crippen LogP contribution >= 0.6 is 0 Å². The Hall–Kier alpha value is -2.06. The van der Waals surface area contributed by atoms with Crippen molar-refractivity contribution in [1.82, 2.24) is 0 Å². The lowest BCUT2D eigenvalue weighted by atomic mass is 10.2. The van der Waals surface area contributed by atoms with Crippen LogP contribution < -0.4 is 0 Å². The van der Waals surface area contributed by atoms with Gasteiger partial charge in [0.15, 0.2) is 12.5 Å². The normalized spacial score (nSPS) is 24.8. The third-order valence-corrected chi connectivity index (χ3v) is 3.06. The molecule has 0 bridgehead atoms. The number of ether oxygens (including phenoxy) is 3. The van der Waals surface area contributed by atoms with E-state index in [0.29, 0.717) is 0 Å². The third-order valence-electron chi connectivity index (χ3n) is 3.06. The Balaban J connectivity index is 1.86. The van der Waals surface area contributed by atoms with Gasteiger partial charge in [-0.05, 0) is 12.1 Å². The maximum absolute atomic E-state index is 13.4. The Morgan fingerprint density at radius 1 is 1.48 bits per heavy atom. The van der Waals surface area contributed by atoms with Crippen LogP contribution in [0.5, 0.6) is 0 Å². The van der Waals surface area contributed by atoms with Gasteiger partial charge in [0, 0.05) is 25.7 Å². The fraction of sp³-hybridized carbons (Fsp3) is 0.462. The Morgan fingerprint density at radius 2 is 2.14 bits per heavy atom. The van der Waals surface area contributed by atoms with Gasteiger partial charge in [-0.25, -0.2) is 9.18 Å². The summed E-state index contributed by atoms with van der Waals surface area (Å²) in [6.07, 6.45) is -2.66. The molecule has 0 amide bonds. The van der Waals surface area contributed by atoms with Crippen LogP contribution in [0.2, 0.25) is 0 Å². The first-order valence-corrected chi connectivity index (χ1v) is 6.25. The molecule has 0 radical (unpaired) electrons. The number of non-ortho nitro benzene ring substituents is 1. The first kappa shape index (κ1) is 15.3. The summed E-state index contributed by atoms with van der Waals surface area (Å²) in [5, 5.41) is 10.5. The number of methoxy groups -OCH3 is 1. The van der Waals surface area contributed by atoms with Crippen LogP contribution in [0.1, 0.15) is 16.8 Å². The van der Waals surface area contributed by atoms with Gasteiger partial charge in [-0.3, -0.25) is 10.1 Å². The highest BCUT2D eigenvalue weighted by molar-refractivity contribution is 5.89. The Kier molecular flexibility index (Phi) is 4.81. The molecule has 1 fully saturated rings. The fourth-order valence-corrected chi connectivity index (χ4v) is 1.97. The monoisotopic (exact) mass is 299 g/mol. The number of nitro groups is 1. The molecule has 3 atom stereocenters. The molecule has 7 nitrogen and oxygen atoms in total. The van der Waals surface area contributed by atoms with E-state index in [1.54, 1.807) is 0 Å². The molecule has 1 heterocycles. The summed E-state index contributed by atoms with van der Waals surface area (Å²) >= 11 is 0. The summed E-state index contributed by atoms with van der Waals surface area (Å²) in [7, 11) is 1.34. The van der Waals surface area contributed by atoms with Crippen LogP contribution in [0.15, 0.2) is 24.3 Å². The zero-order chi connectivity index (χ0) is 15.4. The summed E-state index contributed by atoms with van der Waals surface area (Å²) in [5.41, 5.74) is 0.0626. The van der Waals surface area contributed by atoms with Crippen LogP contribution in [0.25, 0.3) is 0 Å². The lowest BCUT2D eigenvalue weighted by Crippen LogP contribution is -2.21. The number of nitrogens with zero attached hydrogens (tertiary/aromatic N) is 1. The van der Waals surface area contributed by atoms with Crippen LogP contribution in [-0.2, 0) is 14.2 Å². The molecule has 114 valence electrons. The Morgan fingerprint density at radius 3 is 2.67 bits per heavy atom. The molecule has 1 saturated heterocycles. The summed E-state index contributed by atoms with van der Waals surface area (Å²) in [6, 6.07) is 5.01. The molecule has 1 aromatic rings. The highest BCUT2D eigenvalue weighted by Crippen LogP contribution is 2.24. The second-order valence-electron chi connectivity index (χ2n) is 4.52. The average molecular weight is 299 g/mol. The molecule has 8 heteroatoms.